The summed E-state index contributed by atoms with van der Waals surface area (Å²) in [6.07, 6.45) is -4.27. The number of nitrogens with zero attached hydrogens (tertiary/aromatic N) is 3. The van der Waals surface area contributed by atoms with Crippen LogP contribution in [0.25, 0.3) is 21.8 Å². The molecule has 0 atom stereocenters. The number of hydrogen-bond donors (Lipinski definition) is 2. The molecule has 0 saturated heterocycles. The van der Waals surface area contributed by atoms with E-state index >= 15 is 0 Å². The minimum absolute atomic E-state index is 0.153. The lowest BCUT2D eigenvalue weighted by molar-refractivity contribution is -0.137. The maximum atomic E-state index is 13.3. The molecule has 2 heterocycles. The van der Waals surface area contributed by atoms with E-state index in [4.69, 9.17) is 11.6 Å². The zero-order valence-corrected chi connectivity index (χ0v) is 17.3. The summed E-state index contributed by atoms with van der Waals surface area (Å²) >= 11 is 5.97. The molecule has 2 N–H and O–H groups in total. The molecular formula is C18H12ClF3N4O5S. The first kappa shape index (κ1) is 21.9. The van der Waals surface area contributed by atoms with Crippen molar-refractivity contribution >= 4 is 43.2 Å². The fraction of sp³-hybridized carbons (Fsp3) is 0.167. The number of sulfone groups is 1. The Morgan fingerprint density at radius 3 is 2.56 bits per heavy atom. The number of fused-ring (bicyclic) bond motifs is 2. The Morgan fingerprint density at radius 1 is 1.16 bits per heavy atom. The largest absolute Gasteiger partial charge is 0.421 e. The van der Waals surface area contributed by atoms with E-state index in [1.54, 1.807) is 0 Å². The van der Waals surface area contributed by atoms with Crippen LogP contribution >= 0.6 is 11.6 Å². The van der Waals surface area contributed by atoms with Gasteiger partial charge in [-0.15, -0.1) is 0 Å². The van der Waals surface area contributed by atoms with E-state index < -0.39 is 56.0 Å². The van der Waals surface area contributed by atoms with Crippen LogP contribution in [0.5, 0.6) is 0 Å². The predicted octanol–water partition coefficient (Wildman–Crippen LogP) is 2.72. The van der Waals surface area contributed by atoms with E-state index in [0.29, 0.717) is 5.39 Å². The van der Waals surface area contributed by atoms with Gasteiger partial charge in [0.25, 0.3) is 5.56 Å². The standard InChI is InChI=1S/C18H12ClF3N4O5S/c19-11-3-4-13(15-14(11)16(27)26(29)17(28)24-15)32(30,31)10-2-1-9-8-23-25(12(9)7-10)6-5-18(20,21)22/h1-4,7-8,29H,5-6H2,(H,24,28). The summed E-state index contributed by atoms with van der Waals surface area (Å²) in [4.78, 5) is 25.4. The molecule has 14 heteroatoms. The molecule has 0 aliphatic rings. The highest BCUT2D eigenvalue weighted by Gasteiger charge is 2.28. The molecule has 4 aromatic rings. The van der Waals surface area contributed by atoms with Gasteiger partial charge >= 0.3 is 11.9 Å². The van der Waals surface area contributed by atoms with Gasteiger partial charge in [-0.1, -0.05) is 16.3 Å². The van der Waals surface area contributed by atoms with E-state index in [-0.39, 0.29) is 20.2 Å². The van der Waals surface area contributed by atoms with Crippen LogP contribution in [0.4, 0.5) is 13.2 Å². The lowest BCUT2D eigenvalue weighted by Crippen LogP contribution is -2.33. The van der Waals surface area contributed by atoms with Crippen molar-refractivity contribution in [2.45, 2.75) is 28.9 Å². The summed E-state index contributed by atoms with van der Waals surface area (Å²) in [5, 5.41) is 13.2. The highest BCUT2D eigenvalue weighted by molar-refractivity contribution is 7.91. The third kappa shape index (κ3) is 3.62. The van der Waals surface area contributed by atoms with Gasteiger partial charge in [-0.3, -0.25) is 9.48 Å². The molecule has 0 aliphatic heterocycles. The Kier molecular flexibility index (Phi) is 5.05. The number of alkyl halides is 3. The normalized spacial score (nSPS) is 12.6. The molecule has 0 fully saturated rings. The van der Waals surface area contributed by atoms with Gasteiger partial charge in [-0.05, 0) is 30.3 Å². The average molecular weight is 489 g/mol. The lowest BCUT2D eigenvalue weighted by atomic mass is 10.2. The lowest BCUT2D eigenvalue weighted by Gasteiger charge is -2.11. The third-order valence-electron chi connectivity index (χ3n) is 4.77. The summed E-state index contributed by atoms with van der Waals surface area (Å²) in [7, 11) is -4.38. The minimum atomic E-state index is -4.42. The number of aromatic nitrogens is 4. The van der Waals surface area contributed by atoms with Gasteiger partial charge in [-0.25, -0.2) is 13.2 Å². The van der Waals surface area contributed by atoms with E-state index in [1.165, 1.54) is 18.3 Å². The van der Waals surface area contributed by atoms with Crippen molar-refractivity contribution in [1.29, 1.82) is 0 Å². The first-order chi connectivity index (χ1) is 14.9. The molecule has 0 amide bonds. The van der Waals surface area contributed by atoms with Crippen molar-refractivity contribution < 1.29 is 26.8 Å². The van der Waals surface area contributed by atoms with Crippen LogP contribution in [0.3, 0.4) is 0 Å². The third-order valence-corrected chi connectivity index (χ3v) is 6.88. The van der Waals surface area contributed by atoms with E-state index in [2.05, 4.69) is 10.1 Å². The van der Waals surface area contributed by atoms with Gasteiger partial charge in [-0.2, -0.15) is 18.3 Å². The number of hydrogen-bond acceptors (Lipinski definition) is 6. The van der Waals surface area contributed by atoms with Crippen LogP contribution in [0.1, 0.15) is 6.42 Å². The molecule has 0 spiro atoms. The monoisotopic (exact) mass is 488 g/mol. The fourth-order valence-corrected chi connectivity index (χ4v) is 4.90. The number of halogens is 4. The second-order valence-electron chi connectivity index (χ2n) is 6.80. The molecule has 0 radical (unpaired) electrons. The summed E-state index contributed by atoms with van der Waals surface area (Å²) in [6.45, 7) is -0.510. The van der Waals surface area contributed by atoms with Crippen molar-refractivity contribution in [2.75, 3.05) is 0 Å². The summed E-state index contributed by atoms with van der Waals surface area (Å²) in [5.41, 5.74) is -2.75. The first-order valence-electron chi connectivity index (χ1n) is 8.84. The number of benzene rings is 2. The Balaban J connectivity index is 1.91. The second-order valence-corrected chi connectivity index (χ2v) is 9.12. The Bertz CT molecular complexity index is 1610. The summed E-state index contributed by atoms with van der Waals surface area (Å²) in [6, 6.07) is 5.94. The zero-order valence-electron chi connectivity index (χ0n) is 15.7. The molecule has 2 aromatic carbocycles. The molecule has 9 nitrogen and oxygen atoms in total. The van der Waals surface area contributed by atoms with Crippen LogP contribution in [0.2, 0.25) is 5.02 Å². The summed E-state index contributed by atoms with van der Waals surface area (Å²) < 4.78 is 65.2. The van der Waals surface area contributed by atoms with Crippen LogP contribution in [-0.2, 0) is 16.4 Å². The molecule has 4 rings (SSSR count). The van der Waals surface area contributed by atoms with Gasteiger partial charge in [0, 0.05) is 5.39 Å². The van der Waals surface area contributed by atoms with E-state index in [9.17, 15) is 36.4 Å². The van der Waals surface area contributed by atoms with Crippen molar-refractivity contribution in [3.63, 3.8) is 0 Å². The van der Waals surface area contributed by atoms with Gasteiger partial charge in [0.15, 0.2) is 0 Å². The van der Waals surface area contributed by atoms with Crippen molar-refractivity contribution in [3.8, 4) is 0 Å². The average Bonchev–Trinajstić information content (AvgIpc) is 3.12. The maximum absolute atomic E-state index is 13.3. The Hall–Kier alpha value is -3.32. The van der Waals surface area contributed by atoms with E-state index in [1.807, 2.05) is 0 Å². The highest BCUT2D eigenvalue weighted by atomic mass is 35.5. The molecule has 0 aliphatic carbocycles. The van der Waals surface area contributed by atoms with Gasteiger partial charge in [0.05, 0.1) is 50.4 Å². The maximum Gasteiger partial charge on any atom is 0.390 e. The molecule has 32 heavy (non-hydrogen) atoms. The van der Waals surface area contributed by atoms with Gasteiger partial charge < -0.3 is 10.2 Å². The minimum Gasteiger partial charge on any atom is -0.421 e. The van der Waals surface area contributed by atoms with Crippen LogP contribution in [0, 0.1) is 0 Å². The molecule has 0 unspecified atom stereocenters. The van der Waals surface area contributed by atoms with Gasteiger partial charge in [0.1, 0.15) is 0 Å². The molecule has 0 saturated carbocycles. The topological polar surface area (TPSA) is 127 Å². The molecule has 2 aromatic heterocycles. The smallest absolute Gasteiger partial charge is 0.390 e. The first-order valence-corrected chi connectivity index (χ1v) is 10.7. The Morgan fingerprint density at radius 2 is 1.88 bits per heavy atom. The quantitative estimate of drug-likeness (QED) is 0.425. The Labute approximate surface area is 181 Å². The van der Waals surface area contributed by atoms with E-state index in [0.717, 1.165) is 22.9 Å². The fourth-order valence-electron chi connectivity index (χ4n) is 3.23. The zero-order chi connectivity index (χ0) is 23.4. The SMILES string of the molecule is O=c1[nH]c2c(S(=O)(=O)c3ccc4cnn(CCC(F)(F)F)c4c3)ccc(Cl)c2c(=O)n1O. The summed E-state index contributed by atoms with van der Waals surface area (Å²) in [5.74, 6) is 0. The number of aromatic amines is 1. The second kappa shape index (κ2) is 7.38. The molecule has 0 bridgehead atoms. The van der Waals surface area contributed by atoms with Crippen LogP contribution < -0.4 is 11.2 Å². The number of aryl methyl sites for hydroxylation is 1. The van der Waals surface area contributed by atoms with Crippen molar-refractivity contribution in [2.24, 2.45) is 0 Å². The van der Waals surface area contributed by atoms with Crippen molar-refractivity contribution in [1.82, 2.24) is 19.5 Å². The van der Waals surface area contributed by atoms with Crippen molar-refractivity contribution in [3.05, 3.63) is 62.4 Å². The molecular weight excluding hydrogens is 477 g/mol. The predicted molar refractivity (Wildman–Crippen MR) is 107 cm³/mol. The number of rotatable bonds is 4. The molecule has 168 valence electrons. The number of H-pyrrole nitrogens is 1. The van der Waals surface area contributed by atoms with Crippen LogP contribution in [-0.4, -0.2) is 39.3 Å². The van der Waals surface area contributed by atoms with Crippen LogP contribution in [0.15, 0.2) is 55.9 Å². The highest BCUT2D eigenvalue weighted by Crippen LogP contribution is 2.31. The number of nitrogens with one attached hydrogen (secondary N) is 1. The van der Waals surface area contributed by atoms with Gasteiger partial charge in [0.2, 0.25) is 9.84 Å².